The topological polar surface area (TPSA) is 42.3 Å². The summed E-state index contributed by atoms with van der Waals surface area (Å²) in [6.07, 6.45) is 13.3. The largest absolute Gasteiger partial charge is 4.00 e. The number of allylic oxidation sites excluding steroid dienone is 6. The second-order valence-electron chi connectivity index (χ2n) is 2.82. The Labute approximate surface area is 136 Å². The third kappa shape index (κ3) is 138. The maximum Gasteiger partial charge on any atom is 4.00 e. The van der Waals surface area contributed by atoms with E-state index in [1.54, 1.807) is 54.4 Å². The smallest absolute Gasteiger partial charge is 0.668 e. The Morgan fingerprint density at radius 1 is 0.895 bits per heavy atom. The molecule has 0 aromatic carbocycles. The van der Waals surface area contributed by atoms with Crippen molar-refractivity contribution < 1.29 is 21.7 Å². The molecule has 0 bridgehead atoms. The van der Waals surface area contributed by atoms with Crippen LogP contribution in [0.2, 0.25) is 0 Å². The minimum Gasteiger partial charge on any atom is -0.668 e. The molecule has 19 heavy (non-hydrogen) atoms. The quantitative estimate of drug-likeness (QED) is 0.388. The molecule has 0 atom stereocenters. The zero-order valence-electron chi connectivity index (χ0n) is 13.3. The van der Waals surface area contributed by atoms with Crippen LogP contribution in [0.1, 0.15) is 6.42 Å². The van der Waals surface area contributed by atoms with Gasteiger partial charge in [-0.05, 0) is 0 Å². The summed E-state index contributed by atoms with van der Waals surface area (Å²) in [7, 11) is 10.5. The molecule has 0 amide bonds. The number of hydrogen-bond acceptors (Lipinski definition) is 0. The Morgan fingerprint density at radius 2 is 1.21 bits per heavy atom. The molecule has 4 heteroatoms. The maximum atomic E-state index is 3.50. The van der Waals surface area contributed by atoms with Crippen molar-refractivity contribution in [3.63, 3.8) is 0 Å². The standard InChI is InChI=1S/C5H5.C4H6.3C2H6N.Ti/c1-2-4-5-3-1;1-3-4-2;3*1-3-2;/h1-3H,4H2;3-4H,1-2H2;3*1-2H3;/q-1;;3*-1;+4. The summed E-state index contributed by atoms with van der Waals surface area (Å²) in [5.74, 6) is 0. The van der Waals surface area contributed by atoms with Gasteiger partial charge in [0.2, 0.25) is 0 Å². The van der Waals surface area contributed by atoms with E-state index in [0.29, 0.717) is 0 Å². The van der Waals surface area contributed by atoms with Crippen LogP contribution in [0.3, 0.4) is 0 Å². The maximum absolute atomic E-state index is 3.50. The minimum absolute atomic E-state index is 0. The third-order valence-corrected chi connectivity index (χ3v) is 0.753. The Balaban J connectivity index is -0.0000000435. The van der Waals surface area contributed by atoms with Gasteiger partial charge in [0, 0.05) is 0 Å². The van der Waals surface area contributed by atoms with Crippen molar-refractivity contribution in [2.75, 3.05) is 42.3 Å². The predicted molar refractivity (Wildman–Crippen MR) is 87.6 cm³/mol. The van der Waals surface area contributed by atoms with Crippen LogP contribution in [-0.4, -0.2) is 42.3 Å². The molecule has 0 saturated heterocycles. The minimum atomic E-state index is 0. The van der Waals surface area contributed by atoms with E-state index in [-0.39, 0.29) is 21.7 Å². The van der Waals surface area contributed by atoms with Gasteiger partial charge in [-0.2, -0.15) is 48.4 Å². The zero-order valence-corrected chi connectivity index (χ0v) is 14.9. The number of rotatable bonds is 1. The summed E-state index contributed by atoms with van der Waals surface area (Å²) in [6, 6.07) is 0. The van der Waals surface area contributed by atoms with Gasteiger partial charge in [-0.3, -0.25) is 6.08 Å². The molecule has 0 aromatic heterocycles. The molecule has 1 aliphatic rings. The number of hydrogen-bond donors (Lipinski definition) is 0. The molecular weight excluding hydrogens is 270 g/mol. The molecule has 3 nitrogen and oxygen atoms in total. The monoisotopic (exact) mass is 299 g/mol. The molecule has 0 saturated carbocycles. The van der Waals surface area contributed by atoms with Crippen LogP contribution < -0.4 is 0 Å². The van der Waals surface area contributed by atoms with Gasteiger partial charge >= 0.3 is 21.7 Å². The Bertz CT molecular complexity index is 157. The summed E-state index contributed by atoms with van der Waals surface area (Å²) in [5, 5.41) is 10.5. The molecule has 0 unspecified atom stereocenters. The van der Waals surface area contributed by atoms with Gasteiger partial charge in [0.1, 0.15) is 0 Å². The number of nitrogens with zero attached hydrogens (tertiary/aromatic N) is 3. The van der Waals surface area contributed by atoms with E-state index >= 15 is 0 Å². The Kier molecular flexibility index (Phi) is 86.3. The van der Waals surface area contributed by atoms with Gasteiger partial charge in [-0.25, -0.2) is 12.2 Å². The van der Waals surface area contributed by atoms with E-state index in [2.05, 4.69) is 41.3 Å². The second kappa shape index (κ2) is 52.7. The normalized spacial score (nSPS) is 8.53. The average molecular weight is 299 g/mol. The van der Waals surface area contributed by atoms with Crippen molar-refractivity contribution in [1.82, 2.24) is 0 Å². The fraction of sp³-hybridized carbons (Fsp3) is 0.467. The van der Waals surface area contributed by atoms with Gasteiger partial charge < -0.3 is 16.0 Å². The molecule has 108 valence electrons. The first-order chi connectivity index (χ1) is 8.66. The molecule has 0 radical (unpaired) electrons. The summed E-state index contributed by atoms with van der Waals surface area (Å²) < 4.78 is 0. The first-order valence-corrected chi connectivity index (χ1v) is 5.55. The second-order valence-corrected chi connectivity index (χ2v) is 2.82. The summed E-state index contributed by atoms with van der Waals surface area (Å²) >= 11 is 0. The van der Waals surface area contributed by atoms with Crippen LogP contribution in [-0.2, 0) is 21.7 Å². The fourth-order valence-electron chi connectivity index (χ4n) is 0.340. The molecular formula is C15H29N3Ti. The molecule has 1 rings (SSSR count). The zero-order chi connectivity index (χ0) is 15.1. The molecule has 0 spiro atoms. The first-order valence-electron chi connectivity index (χ1n) is 5.55. The van der Waals surface area contributed by atoms with Crippen LogP contribution >= 0.6 is 0 Å². The van der Waals surface area contributed by atoms with Crippen LogP contribution in [0.15, 0.2) is 43.5 Å². The third-order valence-electron chi connectivity index (χ3n) is 0.753. The van der Waals surface area contributed by atoms with Crippen molar-refractivity contribution in [1.29, 1.82) is 0 Å². The van der Waals surface area contributed by atoms with Gasteiger partial charge in [0.05, 0.1) is 0 Å². The van der Waals surface area contributed by atoms with Gasteiger partial charge in [0.15, 0.2) is 0 Å². The molecule has 0 N–H and O–H groups in total. The molecule has 0 fully saturated rings. The van der Waals surface area contributed by atoms with Gasteiger partial charge in [-0.15, -0.1) is 6.42 Å². The predicted octanol–water partition coefficient (Wildman–Crippen LogP) is 4.52. The van der Waals surface area contributed by atoms with Crippen LogP contribution in [0.5, 0.6) is 0 Å². The Hall–Kier alpha value is -0.446. The average Bonchev–Trinajstić information content (AvgIpc) is 2.90. The summed E-state index contributed by atoms with van der Waals surface area (Å²) in [5.41, 5.74) is 0. The molecule has 1 aliphatic carbocycles. The summed E-state index contributed by atoms with van der Waals surface area (Å²) in [4.78, 5) is 0. The molecule has 0 heterocycles. The van der Waals surface area contributed by atoms with Crippen LogP contribution in [0.25, 0.3) is 16.0 Å². The van der Waals surface area contributed by atoms with Gasteiger partial charge in [0.25, 0.3) is 0 Å². The summed E-state index contributed by atoms with van der Waals surface area (Å²) in [6.45, 7) is 6.72. The van der Waals surface area contributed by atoms with Crippen molar-refractivity contribution in [2.24, 2.45) is 0 Å². The first kappa shape index (κ1) is 31.1. The van der Waals surface area contributed by atoms with Crippen molar-refractivity contribution in [3.8, 4) is 0 Å². The van der Waals surface area contributed by atoms with Crippen molar-refractivity contribution >= 4 is 0 Å². The van der Waals surface area contributed by atoms with Crippen molar-refractivity contribution in [3.05, 3.63) is 65.6 Å². The van der Waals surface area contributed by atoms with E-state index in [1.807, 2.05) is 12.2 Å². The molecule has 0 aromatic rings. The van der Waals surface area contributed by atoms with E-state index in [1.165, 1.54) is 0 Å². The van der Waals surface area contributed by atoms with E-state index in [0.717, 1.165) is 6.42 Å². The van der Waals surface area contributed by atoms with Crippen LogP contribution in [0, 0.1) is 6.08 Å². The SMILES string of the molecule is C=CC=C.C[N-]C.C[N-]C.C[N-]C.[C-]1=CC=CC1.[Ti+4]. The van der Waals surface area contributed by atoms with E-state index in [9.17, 15) is 0 Å². The Morgan fingerprint density at radius 3 is 1.26 bits per heavy atom. The van der Waals surface area contributed by atoms with E-state index in [4.69, 9.17) is 0 Å². The fourth-order valence-corrected chi connectivity index (χ4v) is 0.340. The molecule has 0 aliphatic heterocycles. The van der Waals surface area contributed by atoms with Crippen LogP contribution in [0.4, 0.5) is 0 Å². The van der Waals surface area contributed by atoms with Crippen molar-refractivity contribution in [2.45, 2.75) is 6.42 Å². The van der Waals surface area contributed by atoms with Gasteiger partial charge in [-0.1, -0.05) is 25.3 Å². The van der Waals surface area contributed by atoms with E-state index < -0.39 is 0 Å².